The molecular formula is C7H8BrNO2S. The molecule has 1 aromatic heterocycles. The number of halogens is 1. The van der Waals surface area contributed by atoms with Crippen LogP contribution in [0, 0.1) is 0 Å². The van der Waals surface area contributed by atoms with Crippen molar-refractivity contribution in [1.29, 1.82) is 0 Å². The molecule has 66 valence electrons. The number of nitrogens with one attached hydrogen (secondary N) is 1. The number of carbonyl (C=O) groups excluding carboxylic acids is 1. The number of esters is 1. The highest BCUT2D eigenvalue weighted by atomic mass is 79.9. The average Bonchev–Trinajstić information content (AvgIpc) is 2.47. The van der Waals surface area contributed by atoms with E-state index in [9.17, 15) is 4.79 Å². The zero-order chi connectivity index (χ0) is 8.97. The molecule has 1 rings (SSSR count). The predicted molar refractivity (Wildman–Crippen MR) is 52.5 cm³/mol. The van der Waals surface area contributed by atoms with E-state index in [2.05, 4.69) is 26.0 Å². The van der Waals surface area contributed by atoms with Gasteiger partial charge in [0, 0.05) is 9.85 Å². The molecule has 1 heterocycles. The molecule has 5 heteroatoms. The molecule has 1 N–H and O–H groups in total. The van der Waals surface area contributed by atoms with Gasteiger partial charge >= 0.3 is 5.97 Å². The van der Waals surface area contributed by atoms with Gasteiger partial charge in [0.2, 0.25) is 0 Å². The molecule has 0 radical (unpaired) electrons. The lowest BCUT2D eigenvalue weighted by Crippen LogP contribution is -2.14. The maximum atomic E-state index is 10.7. The van der Waals surface area contributed by atoms with Gasteiger partial charge in [0.05, 0.1) is 12.1 Å². The second-order valence-corrected chi connectivity index (χ2v) is 3.89. The van der Waals surface area contributed by atoms with E-state index in [0.717, 1.165) is 9.47 Å². The second kappa shape index (κ2) is 4.47. The van der Waals surface area contributed by atoms with E-state index in [1.165, 1.54) is 18.4 Å². The van der Waals surface area contributed by atoms with Crippen LogP contribution in [0.15, 0.2) is 15.9 Å². The first kappa shape index (κ1) is 9.54. The van der Waals surface area contributed by atoms with Crippen LogP contribution in [0.3, 0.4) is 0 Å². The standard InChI is InChI=1S/C7H8BrNO2S/c1-11-7(10)3-9-6-2-5(8)4-12-6/h2,4,9H,3H2,1H3. The Bertz CT molecular complexity index is 274. The maximum absolute atomic E-state index is 10.7. The predicted octanol–water partition coefficient (Wildman–Crippen LogP) is 2.10. The minimum Gasteiger partial charge on any atom is -0.468 e. The molecule has 0 aliphatic carbocycles. The third kappa shape index (κ3) is 2.83. The van der Waals surface area contributed by atoms with Crippen molar-refractivity contribution in [3.63, 3.8) is 0 Å². The molecule has 3 nitrogen and oxygen atoms in total. The van der Waals surface area contributed by atoms with Gasteiger partial charge in [0.25, 0.3) is 0 Å². The van der Waals surface area contributed by atoms with E-state index < -0.39 is 0 Å². The summed E-state index contributed by atoms with van der Waals surface area (Å²) >= 11 is 4.85. The molecule has 0 spiro atoms. The van der Waals surface area contributed by atoms with Crippen molar-refractivity contribution < 1.29 is 9.53 Å². The van der Waals surface area contributed by atoms with Gasteiger partial charge in [-0.05, 0) is 22.0 Å². The van der Waals surface area contributed by atoms with Crippen LogP contribution in [0.5, 0.6) is 0 Å². The van der Waals surface area contributed by atoms with Crippen molar-refractivity contribution in [2.75, 3.05) is 19.0 Å². The largest absolute Gasteiger partial charge is 0.468 e. The van der Waals surface area contributed by atoms with Crippen LogP contribution >= 0.6 is 27.3 Å². The van der Waals surface area contributed by atoms with E-state index in [0.29, 0.717) is 0 Å². The third-order valence-electron chi connectivity index (χ3n) is 1.20. The van der Waals surface area contributed by atoms with Gasteiger partial charge in [0.15, 0.2) is 0 Å². The smallest absolute Gasteiger partial charge is 0.325 e. The summed E-state index contributed by atoms with van der Waals surface area (Å²) in [7, 11) is 1.37. The summed E-state index contributed by atoms with van der Waals surface area (Å²) in [6.07, 6.45) is 0. The van der Waals surface area contributed by atoms with Crippen LogP contribution in [0.25, 0.3) is 0 Å². The minimum atomic E-state index is -0.264. The lowest BCUT2D eigenvalue weighted by Gasteiger charge is -1.99. The molecular weight excluding hydrogens is 242 g/mol. The van der Waals surface area contributed by atoms with E-state index in [-0.39, 0.29) is 12.5 Å². The lowest BCUT2D eigenvalue weighted by molar-refractivity contribution is -0.138. The number of thiophene rings is 1. The number of carbonyl (C=O) groups is 1. The van der Waals surface area contributed by atoms with Crippen molar-refractivity contribution in [3.05, 3.63) is 15.9 Å². The summed E-state index contributed by atoms with van der Waals surface area (Å²) in [5, 5.41) is 5.83. The minimum absolute atomic E-state index is 0.212. The van der Waals surface area contributed by atoms with Gasteiger partial charge in [-0.1, -0.05) is 0 Å². The molecule has 12 heavy (non-hydrogen) atoms. The summed E-state index contributed by atoms with van der Waals surface area (Å²) < 4.78 is 5.48. The zero-order valence-electron chi connectivity index (χ0n) is 6.46. The van der Waals surface area contributed by atoms with E-state index in [1.807, 2.05) is 11.4 Å². The average molecular weight is 250 g/mol. The van der Waals surface area contributed by atoms with Crippen molar-refractivity contribution in [3.8, 4) is 0 Å². The molecule has 0 aliphatic heterocycles. The Hall–Kier alpha value is -0.550. The first-order valence-corrected chi connectivity index (χ1v) is 4.94. The first-order valence-electron chi connectivity index (χ1n) is 3.27. The Kier molecular flexibility index (Phi) is 3.55. The van der Waals surface area contributed by atoms with Gasteiger partial charge in [0.1, 0.15) is 6.54 Å². The highest BCUT2D eigenvalue weighted by Gasteiger charge is 2.00. The summed E-state index contributed by atoms with van der Waals surface area (Å²) in [5.74, 6) is -0.264. The number of ether oxygens (including phenoxy) is 1. The Morgan fingerprint density at radius 2 is 2.58 bits per heavy atom. The number of anilines is 1. The fraction of sp³-hybridized carbons (Fsp3) is 0.286. The second-order valence-electron chi connectivity index (χ2n) is 2.06. The molecule has 0 unspecified atom stereocenters. The molecule has 0 fully saturated rings. The Morgan fingerprint density at radius 3 is 3.08 bits per heavy atom. The van der Waals surface area contributed by atoms with Crippen molar-refractivity contribution >= 4 is 38.2 Å². The number of hydrogen-bond acceptors (Lipinski definition) is 4. The lowest BCUT2D eigenvalue weighted by atomic mass is 10.6. The number of methoxy groups -OCH3 is 1. The van der Waals surface area contributed by atoms with E-state index in [4.69, 9.17) is 0 Å². The highest BCUT2D eigenvalue weighted by molar-refractivity contribution is 9.10. The summed E-state index contributed by atoms with van der Waals surface area (Å²) in [6, 6.07) is 1.91. The van der Waals surface area contributed by atoms with Crippen LogP contribution in [0.2, 0.25) is 0 Å². The molecule has 0 atom stereocenters. The Labute approximate surface area is 82.9 Å². The SMILES string of the molecule is COC(=O)CNc1cc(Br)cs1. The molecule has 0 saturated carbocycles. The molecule has 0 bridgehead atoms. The zero-order valence-corrected chi connectivity index (χ0v) is 8.87. The summed E-state index contributed by atoms with van der Waals surface area (Å²) in [6.45, 7) is 0.212. The maximum Gasteiger partial charge on any atom is 0.325 e. The molecule has 0 aliphatic rings. The van der Waals surface area contributed by atoms with Crippen molar-refractivity contribution in [1.82, 2.24) is 0 Å². The van der Waals surface area contributed by atoms with Gasteiger partial charge in [-0.15, -0.1) is 11.3 Å². The van der Waals surface area contributed by atoms with E-state index >= 15 is 0 Å². The van der Waals surface area contributed by atoms with Gasteiger partial charge in [-0.2, -0.15) is 0 Å². The third-order valence-corrected chi connectivity index (χ3v) is 2.85. The van der Waals surface area contributed by atoms with Crippen LogP contribution in [0.4, 0.5) is 5.00 Å². The number of hydrogen-bond donors (Lipinski definition) is 1. The van der Waals surface area contributed by atoms with Crippen LogP contribution in [-0.2, 0) is 9.53 Å². The number of rotatable bonds is 3. The van der Waals surface area contributed by atoms with Gasteiger partial charge < -0.3 is 10.1 Å². The Morgan fingerprint density at radius 1 is 1.83 bits per heavy atom. The molecule has 0 amide bonds. The van der Waals surface area contributed by atoms with E-state index in [1.54, 1.807) is 0 Å². The summed E-state index contributed by atoms with van der Waals surface area (Å²) in [5.41, 5.74) is 0. The first-order chi connectivity index (χ1) is 5.72. The van der Waals surface area contributed by atoms with Crippen molar-refractivity contribution in [2.45, 2.75) is 0 Å². The van der Waals surface area contributed by atoms with Gasteiger partial charge in [-0.25, -0.2) is 0 Å². The quantitative estimate of drug-likeness (QED) is 0.835. The Balaban J connectivity index is 2.38. The van der Waals surface area contributed by atoms with Gasteiger partial charge in [-0.3, -0.25) is 4.79 Å². The fourth-order valence-corrected chi connectivity index (χ4v) is 1.96. The van der Waals surface area contributed by atoms with Crippen LogP contribution in [-0.4, -0.2) is 19.6 Å². The normalized spacial score (nSPS) is 9.50. The molecule has 0 aromatic carbocycles. The monoisotopic (exact) mass is 249 g/mol. The van der Waals surface area contributed by atoms with Crippen molar-refractivity contribution in [2.24, 2.45) is 0 Å². The topological polar surface area (TPSA) is 38.3 Å². The highest BCUT2D eigenvalue weighted by Crippen LogP contribution is 2.23. The molecule has 0 saturated heterocycles. The van der Waals surface area contributed by atoms with Crippen LogP contribution in [0.1, 0.15) is 0 Å². The molecule has 1 aromatic rings. The fourth-order valence-electron chi connectivity index (χ4n) is 0.637. The van der Waals surface area contributed by atoms with Crippen LogP contribution < -0.4 is 5.32 Å². The summed E-state index contributed by atoms with van der Waals surface area (Å²) in [4.78, 5) is 10.7.